The Balaban J connectivity index is 1.69. The first kappa shape index (κ1) is 22.2. The average Bonchev–Trinajstić information content (AvgIpc) is 3.11. The summed E-state index contributed by atoms with van der Waals surface area (Å²) in [7, 11) is 0. The Labute approximate surface area is 185 Å². The Morgan fingerprint density at radius 1 is 1.10 bits per heavy atom. The third-order valence-electron chi connectivity index (χ3n) is 3.81. The number of benzene rings is 2. The lowest BCUT2D eigenvalue weighted by Crippen LogP contribution is -2.13. The van der Waals surface area contributed by atoms with Crippen LogP contribution in [0.15, 0.2) is 46.9 Å². The summed E-state index contributed by atoms with van der Waals surface area (Å²) in [5, 5.41) is 3.29. The van der Waals surface area contributed by atoms with E-state index >= 15 is 0 Å². The van der Waals surface area contributed by atoms with Gasteiger partial charge in [-0.05, 0) is 48.9 Å². The average molecular weight is 477 g/mol. The number of halogens is 5. The fourth-order valence-electron chi connectivity index (χ4n) is 2.50. The summed E-state index contributed by atoms with van der Waals surface area (Å²) in [6, 6.07) is 10.4. The summed E-state index contributed by atoms with van der Waals surface area (Å²) in [5.74, 6) is -0.313. The molecule has 0 saturated heterocycles. The number of carbonyl (C=O) groups is 1. The zero-order valence-electron chi connectivity index (χ0n) is 15.3. The number of nitrogens with one attached hydrogen (secondary N) is 1. The van der Waals surface area contributed by atoms with Crippen molar-refractivity contribution in [2.75, 3.05) is 5.32 Å². The second-order valence-electron chi connectivity index (χ2n) is 6.09. The van der Waals surface area contributed by atoms with Crippen LogP contribution >= 0.6 is 34.8 Å². The summed E-state index contributed by atoms with van der Waals surface area (Å²) in [5.41, 5.74) is 0.778. The lowest BCUT2D eigenvalue weighted by molar-refractivity contribution is -0.0494. The van der Waals surface area contributed by atoms with E-state index in [1.807, 2.05) is 0 Å². The number of hydrogen-bond donors (Lipinski definition) is 1. The third-order valence-corrected chi connectivity index (χ3v) is 4.59. The quantitative estimate of drug-likeness (QED) is 0.399. The van der Waals surface area contributed by atoms with Crippen LogP contribution in [0, 0.1) is 6.92 Å². The van der Waals surface area contributed by atoms with Gasteiger partial charge in [0.2, 0.25) is 0 Å². The van der Waals surface area contributed by atoms with Crippen molar-refractivity contribution < 1.29 is 27.5 Å². The SMILES string of the molecule is Cc1ccc(NC(=O)c2ccc(COc3c(Cl)cc(Cl)cc3Cl)o2)c(OC(F)F)c1. The first-order chi connectivity index (χ1) is 14.2. The van der Waals surface area contributed by atoms with Crippen LogP contribution in [0.4, 0.5) is 14.5 Å². The molecule has 158 valence electrons. The van der Waals surface area contributed by atoms with Crippen molar-refractivity contribution in [3.63, 3.8) is 0 Å². The Hall–Kier alpha value is -2.48. The van der Waals surface area contributed by atoms with Crippen molar-refractivity contribution in [3.8, 4) is 11.5 Å². The minimum absolute atomic E-state index is 0.0505. The molecule has 0 unspecified atom stereocenters. The highest BCUT2D eigenvalue weighted by Gasteiger charge is 2.17. The number of rotatable bonds is 7. The lowest BCUT2D eigenvalue weighted by atomic mass is 10.2. The van der Waals surface area contributed by atoms with Gasteiger partial charge in [0.15, 0.2) is 11.5 Å². The van der Waals surface area contributed by atoms with Crippen LogP contribution in [-0.4, -0.2) is 12.5 Å². The molecule has 1 aromatic heterocycles. The Morgan fingerprint density at radius 2 is 1.80 bits per heavy atom. The van der Waals surface area contributed by atoms with Crippen molar-refractivity contribution in [2.24, 2.45) is 0 Å². The number of anilines is 1. The van der Waals surface area contributed by atoms with Gasteiger partial charge in [-0.15, -0.1) is 0 Å². The third kappa shape index (κ3) is 5.56. The van der Waals surface area contributed by atoms with Gasteiger partial charge < -0.3 is 19.2 Å². The molecule has 0 aliphatic rings. The van der Waals surface area contributed by atoms with E-state index in [2.05, 4.69) is 10.1 Å². The summed E-state index contributed by atoms with van der Waals surface area (Å²) in [4.78, 5) is 12.4. The van der Waals surface area contributed by atoms with Gasteiger partial charge in [-0.3, -0.25) is 4.79 Å². The minimum atomic E-state index is -3.03. The predicted molar refractivity (Wildman–Crippen MR) is 110 cm³/mol. The molecule has 0 bridgehead atoms. The van der Waals surface area contributed by atoms with E-state index in [9.17, 15) is 13.6 Å². The minimum Gasteiger partial charge on any atom is -0.483 e. The standard InChI is InChI=1S/C20H14Cl3F2NO4/c1-10-2-4-15(17(6-10)30-20(24)25)26-19(27)16-5-3-12(29-16)9-28-18-13(22)7-11(21)8-14(18)23/h2-8,20H,9H2,1H3,(H,26,27). The highest BCUT2D eigenvalue weighted by atomic mass is 35.5. The molecule has 5 nitrogen and oxygen atoms in total. The van der Waals surface area contributed by atoms with Crippen LogP contribution in [-0.2, 0) is 6.61 Å². The molecule has 0 fully saturated rings. The molecule has 1 N–H and O–H groups in total. The van der Waals surface area contributed by atoms with Gasteiger partial charge >= 0.3 is 6.61 Å². The first-order valence-electron chi connectivity index (χ1n) is 8.46. The van der Waals surface area contributed by atoms with Gasteiger partial charge in [0.1, 0.15) is 18.1 Å². The van der Waals surface area contributed by atoms with Gasteiger partial charge in [-0.1, -0.05) is 40.9 Å². The molecule has 1 heterocycles. The Morgan fingerprint density at radius 3 is 2.47 bits per heavy atom. The smallest absolute Gasteiger partial charge is 0.387 e. The van der Waals surface area contributed by atoms with E-state index in [1.54, 1.807) is 13.0 Å². The molecule has 0 aliphatic carbocycles. The van der Waals surface area contributed by atoms with Crippen molar-refractivity contribution in [1.82, 2.24) is 0 Å². The van der Waals surface area contributed by atoms with E-state index in [4.69, 9.17) is 44.0 Å². The van der Waals surface area contributed by atoms with Crippen LogP contribution < -0.4 is 14.8 Å². The molecule has 0 radical (unpaired) electrons. The van der Waals surface area contributed by atoms with Crippen molar-refractivity contribution in [3.05, 3.63) is 74.6 Å². The predicted octanol–water partition coefficient (Wildman–Crippen LogP) is 6.98. The molecule has 0 saturated carbocycles. The highest BCUT2D eigenvalue weighted by Crippen LogP contribution is 2.36. The molecule has 30 heavy (non-hydrogen) atoms. The molecule has 0 spiro atoms. The number of ether oxygens (including phenoxy) is 2. The summed E-state index contributed by atoms with van der Waals surface area (Å²) in [6.07, 6.45) is 0. The van der Waals surface area contributed by atoms with Crippen LogP contribution in [0.25, 0.3) is 0 Å². The molecule has 1 amide bonds. The maximum Gasteiger partial charge on any atom is 0.387 e. The van der Waals surface area contributed by atoms with Gasteiger partial charge in [-0.25, -0.2) is 0 Å². The van der Waals surface area contributed by atoms with Crippen molar-refractivity contribution in [2.45, 2.75) is 20.1 Å². The van der Waals surface area contributed by atoms with Gasteiger partial charge in [-0.2, -0.15) is 8.78 Å². The monoisotopic (exact) mass is 475 g/mol. The van der Waals surface area contributed by atoms with Crippen LogP contribution in [0.3, 0.4) is 0 Å². The van der Waals surface area contributed by atoms with Gasteiger partial charge in [0.05, 0.1) is 15.7 Å². The maximum atomic E-state index is 12.6. The summed E-state index contributed by atoms with van der Waals surface area (Å²) < 4.78 is 40.7. The zero-order chi connectivity index (χ0) is 21.8. The Kier molecular flexibility index (Phi) is 7.07. The number of aryl methyl sites for hydroxylation is 1. The fraction of sp³-hybridized carbons (Fsp3) is 0.150. The van der Waals surface area contributed by atoms with Crippen LogP contribution in [0.1, 0.15) is 21.9 Å². The summed E-state index contributed by atoms with van der Waals surface area (Å²) >= 11 is 18.0. The highest BCUT2D eigenvalue weighted by molar-refractivity contribution is 6.40. The van der Waals surface area contributed by atoms with Gasteiger partial charge in [0, 0.05) is 5.02 Å². The number of furan rings is 1. The fourth-order valence-corrected chi connectivity index (χ4v) is 3.42. The van der Waals surface area contributed by atoms with Crippen molar-refractivity contribution >= 4 is 46.4 Å². The van der Waals surface area contributed by atoms with Crippen LogP contribution in [0.2, 0.25) is 15.1 Å². The van der Waals surface area contributed by atoms with E-state index in [0.717, 1.165) is 0 Å². The number of hydrogen-bond acceptors (Lipinski definition) is 4. The van der Waals surface area contributed by atoms with Crippen molar-refractivity contribution in [1.29, 1.82) is 0 Å². The largest absolute Gasteiger partial charge is 0.483 e. The molecule has 10 heteroatoms. The van der Waals surface area contributed by atoms with Gasteiger partial charge in [0.25, 0.3) is 5.91 Å². The summed E-state index contributed by atoms with van der Waals surface area (Å²) in [6.45, 7) is -1.37. The maximum absolute atomic E-state index is 12.6. The zero-order valence-corrected chi connectivity index (χ0v) is 17.6. The molecule has 2 aromatic carbocycles. The number of carbonyl (C=O) groups excluding carboxylic acids is 1. The number of alkyl halides is 2. The van der Waals surface area contributed by atoms with E-state index in [1.165, 1.54) is 36.4 Å². The molecule has 0 aliphatic heterocycles. The van der Waals surface area contributed by atoms with E-state index in [0.29, 0.717) is 16.3 Å². The number of amides is 1. The first-order valence-corrected chi connectivity index (χ1v) is 9.59. The normalized spacial score (nSPS) is 10.9. The van der Waals surface area contributed by atoms with Crippen LogP contribution in [0.5, 0.6) is 11.5 Å². The molecule has 3 rings (SSSR count). The lowest BCUT2D eigenvalue weighted by Gasteiger charge is -2.12. The van der Waals surface area contributed by atoms with E-state index < -0.39 is 12.5 Å². The molecule has 0 atom stereocenters. The Bertz CT molecular complexity index is 1050. The molecule has 3 aromatic rings. The molecular formula is C20H14Cl3F2NO4. The molecular weight excluding hydrogens is 463 g/mol. The topological polar surface area (TPSA) is 60.7 Å². The second kappa shape index (κ2) is 9.55. The van der Waals surface area contributed by atoms with E-state index in [-0.39, 0.29) is 39.6 Å². The second-order valence-corrected chi connectivity index (χ2v) is 7.34.